The summed E-state index contributed by atoms with van der Waals surface area (Å²) in [6.07, 6.45) is 1.55. The molecule has 2 heterocycles. The molecule has 0 bridgehead atoms. The van der Waals surface area contributed by atoms with E-state index < -0.39 is 17.7 Å². The monoisotopic (exact) mass is 537 g/mol. The molecule has 0 aliphatic rings. The maximum Gasteiger partial charge on any atom is 0.302 e. The fourth-order valence-electron chi connectivity index (χ4n) is 3.91. The van der Waals surface area contributed by atoms with E-state index in [-0.39, 0.29) is 23.4 Å². The van der Waals surface area contributed by atoms with Crippen LogP contribution >= 0.6 is 0 Å². The van der Waals surface area contributed by atoms with Crippen molar-refractivity contribution < 1.29 is 27.9 Å². The molecule has 1 amide bonds. The summed E-state index contributed by atoms with van der Waals surface area (Å²) in [5.41, 5.74) is 1.99. The van der Waals surface area contributed by atoms with Crippen molar-refractivity contribution in [1.29, 1.82) is 0 Å². The van der Waals surface area contributed by atoms with Crippen LogP contribution in [0.3, 0.4) is 0 Å². The Morgan fingerprint density at radius 2 is 1.68 bits per heavy atom. The van der Waals surface area contributed by atoms with E-state index in [4.69, 9.17) is 13.9 Å². The Bertz CT molecular complexity index is 1770. The molecule has 0 fully saturated rings. The Balaban J connectivity index is 1.59. The third-order valence-corrected chi connectivity index (χ3v) is 5.89. The van der Waals surface area contributed by atoms with Crippen LogP contribution in [-0.4, -0.2) is 16.9 Å². The van der Waals surface area contributed by atoms with Crippen molar-refractivity contribution in [2.24, 2.45) is 4.99 Å². The van der Waals surface area contributed by atoms with Gasteiger partial charge in [-0.15, -0.1) is 0 Å². The number of nitrogens with one attached hydrogen (secondary N) is 1. The SMILES string of the molecule is CC(=O)OCc1cnc(C)c2oc(=Nc3ccc(Oc4ccccc4)cc3)c(C(=O)Nc3ccccc3F)cc12. The molecule has 0 saturated heterocycles. The average molecular weight is 538 g/mol. The van der Waals surface area contributed by atoms with Crippen molar-refractivity contribution in [3.8, 4) is 11.5 Å². The van der Waals surface area contributed by atoms with Crippen molar-refractivity contribution in [1.82, 2.24) is 4.98 Å². The standard InChI is InChI=1S/C31H24FN3O5/c1-19-29-25(21(17-33-19)18-38-20(2)36)16-26(30(37)35-28-11-7-6-10-27(28)32)31(40-29)34-22-12-14-24(15-13-22)39-23-8-4-3-5-9-23/h3-17H,18H2,1-2H3,(H,35,37). The Morgan fingerprint density at radius 3 is 2.40 bits per heavy atom. The number of carbonyl (C=O) groups excluding carboxylic acids is 2. The molecule has 40 heavy (non-hydrogen) atoms. The van der Waals surface area contributed by atoms with E-state index in [1.165, 1.54) is 25.1 Å². The second-order valence-electron chi connectivity index (χ2n) is 8.81. The maximum absolute atomic E-state index is 14.3. The number of ether oxygens (including phenoxy) is 2. The zero-order valence-corrected chi connectivity index (χ0v) is 21.7. The predicted octanol–water partition coefficient (Wildman–Crippen LogP) is 6.62. The van der Waals surface area contributed by atoms with Crippen LogP contribution in [0, 0.1) is 12.7 Å². The molecule has 0 aliphatic heterocycles. The number of amides is 1. The van der Waals surface area contributed by atoms with Gasteiger partial charge in [0.05, 0.1) is 17.1 Å². The van der Waals surface area contributed by atoms with Gasteiger partial charge in [-0.1, -0.05) is 30.3 Å². The minimum Gasteiger partial charge on any atom is -0.461 e. The number of benzene rings is 3. The number of rotatable bonds is 7. The number of halogens is 1. The molecule has 0 unspecified atom stereocenters. The van der Waals surface area contributed by atoms with E-state index >= 15 is 0 Å². The van der Waals surface area contributed by atoms with Crippen LogP contribution < -0.4 is 15.6 Å². The largest absolute Gasteiger partial charge is 0.461 e. The third kappa shape index (κ3) is 6.05. The minimum absolute atomic E-state index is 0.00649. The van der Waals surface area contributed by atoms with Gasteiger partial charge < -0.3 is 19.2 Å². The lowest BCUT2D eigenvalue weighted by molar-refractivity contribution is -0.142. The van der Waals surface area contributed by atoms with Gasteiger partial charge in [-0.2, -0.15) is 0 Å². The van der Waals surface area contributed by atoms with Gasteiger partial charge in [-0.3, -0.25) is 14.6 Å². The topological polar surface area (TPSA) is 103 Å². The number of aryl methyl sites for hydroxylation is 1. The summed E-state index contributed by atoms with van der Waals surface area (Å²) >= 11 is 0. The molecule has 0 saturated carbocycles. The molecule has 0 aliphatic carbocycles. The number of nitrogens with zero attached hydrogens (tertiary/aromatic N) is 2. The highest BCUT2D eigenvalue weighted by Gasteiger charge is 2.18. The summed E-state index contributed by atoms with van der Waals surface area (Å²) in [4.78, 5) is 33.8. The van der Waals surface area contributed by atoms with Crippen LogP contribution in [0.2, 0.25) is 0 Å². The molecule has 0 spiro atoms. The number of fused-ring (bicyclic) bond motifs is 1. The van der Waals surface area contributed by atoms with Crippen LogP contribution in [0.5, 0.6) is 11.5 Å². The van der Waals surface area contributed by atoms with Crippen LogP contribution in [-0.2, 0) is 16.1 Å². The van der Waals surface area contributed by atoms with E-state index in [1.807, 2.05) is 30.3 Å². The molecule has 0 radical (unpaired) electrons. The summed E-state index contributed by atoms with van der Waals surface area (Å²) in [5, 5.41) is 3.10. The van der Waals surface area contributed by atoms with Crippen LogP contribution in [0.4, 0.5) is 15.8 Å². The summed E-state index contributed by atoms with van der Waals surface area (Å²) < 4.78 is 31.5. The molecule has 2 aromatic heterocycles. The first-order valence-corrected chi connectivity index (χ1v) is 12.4. The number of anilines is 1. The van der Waals surface area contributed by atoms with Gasteiger partial charge in [-0.05, 0) is 61.5 Å². The quantitative estimate of drug-likeness (QED) is 0.234. The molecule has 0 atom stereocenters. The average Bonchev–Trinajstić information content (AvgIpc) is 2.95. The van der Waals surface area contributed by atoms with Gasteiger partial charge in [-0.25, -0.2) is 9.38 Å². The Morgan fingerprint density at radius 1 is 0.975 bits per heavy atom. The number of esters is 1. The normalized spacial score (nSPS) is 11.3. The fourth-order valence-corrected chi connectivity index (χ4v) is 3.91. The number of pyridine rings is 1. The first-order valence-electron chi connectivity index (χ1n) is 12.4. The molecular formula is C31H24FN3O5. The molecule has 5 rings (SSSR count). The van der Waals surface area contributed by atoms with E-state index in [0.717, 1.165) is 0 Å². The second kappa shape index (κ2) is 11.6. The molecule has 8 nitrogen and oxygen atoms in total. The van der Waals surface area contributed by atoms with Crippen LogP contribution in [0.15, 0.2) is 101 Å². The third-order valence-electron chi connectivity index (χ3n) is 5.89. The highest BCUT2D eigenvalue weighted by Crippen LogP contribution is 2.25. The van der Waals surface area contributed by atoms with Gasteiger partial charge in [0.1, 0.15) is 29.5 Å². The number of aromatic nitrogens is 1. The summed E-state index contributed by atoms with van der Waals surface area (Å²) in [6.45, 7) is 2.98. The van der Waals surface area contributed by atoms with Crippen molar-refractivity contribution in [3.05, 3.63) is 119 Å². The fraction of sp³-hybridized carbons (Fsp3) is 0.0968. The van der Waals surface area contributed by atoms with Gasteiger partial charge in [0.15, 0.2) is 5.58 Å². The second-order valence-corrected chi connectivity index (χ2v) is 8.81. The lowest BCUT2D eigenvalue weighted by Gasteiger charge is -2.11. The van der Waals surface area contributed by atoms with Gasteiger partial charge >= 0.3 is 5.97 Å². The minimum atomic E-state index is -0.633. The first-order chi connectivity index (χ1) is 19.4. The number of hydrogen-bond acceptors (Lipinski definition) is 7. The van der Waals surface area contributed by atoms with E-state index in [0.29, 0.717) is 39.4 Å². The number of hydrogen-bond donors (Lipinski definition) is 1. The summed E-state index contributed by atoms with van der Waals surface area (Å²) in [6, 6.07) is 23.7. The Kier molecular flexibility index (Phi) is 7.63. The molecule has 3 aromatic carbocycles. The highest BCUT2D eigenvalue weighted by atomic mass is 19.1. The smallest absolute Gasteiger partial charge is 0.302 e. The number of para-hydroxylation sites is 2. The Labute approximate surface area is 228 Å². The van der Waals surface area contributed by atoms with Crippen molar-refractivity contribution in [2.45, 2.75) is 20.5 Å². The lowest BCUT2D eigenvalue weighted by Crippen LogP contribution is -2.22. The molecule has 9 heteroatoms. The van der Waals surface area contributed by atoms with E-state index in [2.05, 4.69) is 15.3 Å². The van der Waals surface area contributed by atoms with Gasteiger partial charge in [0.2, 0.25) is 5.55 Å². The molecule has 200 valence electrons. The lowest BCUT2D eigenvalue weighted by atomic mass is 10.1. The van der Waals surface area contributed by atoms with Crippen molar-refractivity contribution >= 4 is 34.2 Å². The molecular weight excluding hydrogens is 513 g/mol. The van der Waals surface area contributed by atoms with Gasteiger partial charge in [0, 0.05) is 24.1 Å². The zero-order chi connectivity index (χ0) is 28.1. The van der Waals surface area contributed by atoms with E-state index in [9.17, 15) is 14.0 Å². The van der Waals surface area contributed by atoms with E-state index in [1.54, 1.807) is 49.5 Å². The van der Waals surface area contributed by atoms with Crippen molar-refractivity contribution in [3.63, 3.8) is 0 Å². The molecule has 5 aromatic rings. The predicted molar refractivity (Wildman–Crippen MR) is 147 cm³/mol. The van der Waals surface area contributed by atoms with Crippen LogP contribution in [0.25, 0.3) is 11.0 Å². The molecule has 1 N–H and O–H groups in total. The summed E-state index contributed by atoms with van der Waals surface area (Å²) in [5.74, 6) is -0.387. The highest BCUT2D eigenvalue weighted by molar-refractivity contribution is 6.05. The number of carbonyl (C=O) groups is 2. The van der Waals surface area contributed by atoms with Gasteiger partial charge in [0.25, 0.3) is 5.91 Å². The Hall–Kier alpha value is -5.31. The van der Waals surface area contributed by atoms with Crippen molar-refractivity contribution in [2.75, 3.05) is 5.32 Å². The zero-order valence-electron chi connectivity index (χ0n) is 21.7. The van der Waals surface area contributed by atoms with Crippen LogP contribution in [0.1, 0.15) is 28.5 Å². The first kappa shape index (κ1) is 26.3. The summed E-state index contributed by atoms with van der Waals surface area (Å²) in [7, 11) is 0. The maximum atomic E-state index is 14.3.